The number of nitrogens with two attached hydrogens (primary N) is 1. The molecular formula is C10H8F3NS. The maximum Gasteiger partial charge on any atom is 0.417 e. The number of hydrogen-bond donors (Lipinski definition) is 1. The summed E-state index contributed by atoms with van der Waals surface area (Å²) in [5, 5.41) is 1.67. The first-order valence-corrected chi connectivity index (χ1v) is 5.12. The highest BCUT2D eigenvalue weighted by Gasteiger charge is 2.35. The van der Waals surface area contributed by atoms with Gasteiger partial charge in [0.05, 0.1) is 11.3 Å². The molecule has 1 nitrogen and oxygen atoms in total. The molecule has 1 heterocycles. The Hall–Kier alpha value is -1.23. The SMILES string of the molecule is Cc1ccc2scc(N)c2c1C(F)(F)F. The van der Waals surface area contributed by atoms with Crippen molar-refractivity contribution in [3.63, 3.8) is 0 Å². The van der Waals surface area contributed by atoms with Gasteiger partial charge in [0, 0.05) is 15.5 Å². The zero-order valence-corrected chi connectivity index (χ0v) is 8.67. The summed E-state index contributed by atoms with van der Waals surface area (Å²) in [6, 6.07) is 3.14. The van der Waals surface area contributed by atoms with Crippen molar-refractivity contribution in [3.05, 3.63) is 28.6 Å². The number of halogens is 3. The summed E-state index contributed by atoms with van der Waals surface area (Å²) < 4.78 is 38.9. The van der Waals surface area contributed by atoms with Crippen LogP contribution in [0.5, 0.6) is 0 Å². The van der Waals surface area contributed by atoms with Gasteiger partial charge in [-0.25, -0.2) is 0 Å². The molecule has 0 atom stereocenters. The molecule has 0 fully saturated rings. The van der Waals surface area contributed by atoms with Gasteiger partial charge in [-0.05, 0) is 18.6 Å². The maximum absolute atomic E-state index is 12.8. The fourth-order valence-electron chi connectivity index (χ4n) is 1.62. The third kappa shape index (κ3) is 1.56. The van der Waals surface area contributed by atoms with Gasteiger partial charge < -0.3 is 5.73 Å². The van der Waals surface area contributed by atoms with Gasteiger partial charge in [0.2, 0.25) is 0 Å². The van der Waals surface area contributed by atoms with Gasteiger partial charge in [-0.3, -0.25) is 0 Å². The summed E-state index contributed by atoms with van der Waals surface area (Å²) in [6.45, 7) is 1.44. The first kappa shape index (κ1) is 10.3. The van der Waals surface area contributed by atoms with E-state index >= 15 is 0 Å². The molecule has 0 aliphatic heterocycles. The Labute approximate surface area is 88.3 Å². The Bertz CT molecular complexity index is 513. The molecule has 0 bridgehead atoms. The van der Waals surface area contributed by atoms with Crippen molar-refractivity contribution < 1.29 is 13.2 Å². The molecule has 0 aliphatic rings. The van der Waals surface area contributed by atoms with Gasteiger partial charge in [0.1, 0.15) is 0 Å². The molecule has 80 valence electrons. The van der Waals surface area contributed by atoms with Crippen molar-refractivity contribution in [2.75, 3.05) is 5.73 Å². The highest BCUT2D eigenvalue weighted by Crippen LogP contribution is 2.41. The summed E-state index contributed by atoms with van der Waals surface area (Å²) in [7, 11) is 0. The van der Waals surface area contributed by atoms with Crippen LogP contribution in [0.3, 0.4) is 0 Å². The second-order valence-corrected chi connectivity index (χ2v) is 4.23. The van der Waals surface area contributed by atoms with Crippen LogP contribution < -0.4 is 5.73 Å². The number of nitrogen functional groups attached to an aromatic ring is 1. The Morgan fingerprint density at radius 2 is 1.93 bits per heavy atom. The highest BCUT2D eigenvalue weighted by molar-refractivity contribution is 7.17. The minimum absolute atomic E-state index is 0.132. The third-order valence-electron chi connectivity index (χ3n) is 2.26. The average molecular weight is 231 g/mol. The summed E-state index contributed by atoms with van der Waals surface area (Å²) in [5.74, 6) is 0. The Morgan fingerprint density at radius 3 is 2.53 bits per heavy atom. The summed E-state index contributed by atoms with van der Waals surface area (Å²) in [6.07, 6.45) is -4.35. The van der Waals surface area contributed by atoms with Gasteiger partial charge in [-0.15, -0.1) is 11.3 Å². The molecule has 1 aromatic heterocycles. The van der Waals surface area contributed by atoms with E-state index in [1.54, 1.807) is 11.4 Å². The molecule has 0 saturated carbocycles. The summed E-state index contributed by atoms with van der Waals surface area (Å²) in [5.41, 5.74) is 5.35. The van der Waals surface area contributed by atoms with E-state index in [0.717, 1.165) is 0 Å². The Kier molecular flexibility index (Phi) is 2.15. The lowest BCUT2D eigenvalue weighted by Gasteiger charge is -2.12. The van der Waals surface area contributed by atoms with Crippen LogP contribution in [-0.4, -0.2) is 0 Å². The van der Waals surface area contributed by atoms with Crippen LogP contribution in [0.2, 0.25) is 0 Å². The van der Waals surface area contributed by atoms with Crippen molar-refractivity contribution in [1.82, 2.24) is 0 Å². The van der Waals surface area contributed by atoms with Gasteiger partial charge in [-0.1, -0.05) is 6.07 Å². The lowest BCUT2D eigenvalue weighted by Crippen LogP contribution is -2.08. The third-order valence-corrected chi connectivity index (χ3v) is 3.23. The summed E-state index contributed by atoms with van der Waals surface area (Å²) in [4.78, 5) is 0. The fraction of sp³-hybridized carbons (Fsp3) is 0.200. The van der Waals surface area contributed by atoms with E-state index in [-0.39, 0.29) is 16.6 Å². The van der Waals surface area contributed by atoms with E-state index in [0.29, 0.717) is 4.70 Å². The van der Waals surface area contributed by atoms with Crippen LogP contribution >= 0.6 is 11.3 Å². The zero-order chi connectivity index (χ0) is 11.2. The Balaban J connectivity index is 2.90. The van der Waals surface area contributed by atoms with Gasteiger partial charge >= 0.3 is 6.18 Å². The molecule has 2 aromatic rings. The van der Waals surface area contributed by atoms with Crippen LogP contribution in [-0.2, 0) is 6.18 Å². The van der Waals surface area contributed by atoms with Crippen LogP contribution in [0.25, 0.3) is 10.1 Å². The van der Waals surface area contributed by atoms with Crippen LogP contribution in [0.1, 0.15) is 11.1 Å². The molecule has 0 amide bonds. The molecule has 5 heteroatoms. The Morgan fingerprint density at radius 1 is 1.27 bits per heavy atom. The molecule has 2 rings (SSSR count). The second-order valence-electron chi connectivity index (χ2n) is 3.32. The van der Waals surface area contributed by atoms with E-state index in [1.807, 2.05) is 0 Å². The van der Waals surface area contributed by atoms with Crippen LogP contribution in [0, 0.1) is 6.92 Å². The highest BCUT2D eigenvalue weighted by atomic mass is 32.1. The standard InChI is InChI=1S/C10H8F3NS/c1-5-2-3-7-8(6(14)4-15-7)9(5)10(11,12)13/h2-4H,14H2,1H3. The predicted molar refractivity (Wildman–Crippen MR) is 56.0 cm³/mol. The molecular weight excluding hydrogens is 223 g/mol. The van der Waals surface area contributed by atoms with Crippen molar-refractivity contribution in [1.29, 1.82) is 0 Å². The first-order valence-electron chi connectivity index (χ1n) is 4.24. The van der Waals surface area contributed by atoms with E-state index < -0.39 is 11.7 Å². The molecule has 0 unspecified atom stereocenters. The average Bonchev–Trinajstić information content (AvgIpc) is 2.46. The van der Waals surface area contributed by atoms with Crippen molar-refractivity contribution >= 4 is 27.1 Å². The predicted octanol–water partition coefficient (Wildman–Crippen LogP) is 3.81. The number of aryl methyl sites for hydroxylation is 1. The lowest BCUT2D eigenvalue weighted by atomic mass is 10.0. The molecule has 15 heavy (non-hydrogen) atoms. The minimum atomic E-state index is -4.35. The second kappa shape index (κ2) is 3.13. The minimum Gasteiger partial charge on any atom is -0.398 e. The van der Waals surface area contributed by atoms with E-state index in [2.05, 4.69) is 0 Å². The number of alkyl halides is 3. The van der Waals surface area contributed by atoms with Gasteiger partial charge in [0.25, 0.3) is 0 Å². The normalized spacial score (nSPS) is 12.3. The molecule has 0 radical (unpaired) electrons. The number of fused-ring (bicyclic) bond motifs is 1. The fourth-order valence-corrected chi connectivity index (χ4v) is 2.48. The monoisotopic (exact) mass is 231 g/mol. The van der Waals surface area contributed by atoms with Gasteiger partial charge in [0.15, 0.2) is 0 Å². The van der Waals surface area contributed by atoms with E-state index in [9.17, 15) is 13.2 Å². The molecule has 0 aliphatic carbocycles. The zero-order valence-electron chi connectivity index (χ0n) is 7.85. The number of thiophene rings is 1. The molecule has 1 aromatic carbocycles. The summed E-state index contributed by atoms with van der Waals surface area (Å²) >= 11 is 1.23. The van der Waals surface area contributed by atoms with Crippen molar-refractivity contribution in [2.24, 2.45) is 0 Å². The first-order chi connectivity index (χ1) is 6.91. The molecule has 2 N–H and O–H groups in total. The number of rotatable bonds is 0. The van der Waals surface area contributed by atoms with E-state index in [1.165, 1.54) is 24.3 Å². The molecule has 0 spiro atoms. The van der Waals surface area contributed by atoms with Gasteiger partial charge in [-0.2, -0.15) is 13.2 Å². The van der Waals surface area contributed by atoms with Crippen LogP contribution in [0.15, 0.2) is 17.5 Å². The maximum atomic E-state index is 12.8. The number of benzene rings is 1. The largest absolute Gasteiger partial charge is 0.417 e. The van der Waals surface area contributed by atoms with E-state index in [4.69, 9.17) is 5.73 Å². The number of anilines is 1. The molecule has 0 saturated heterocycles. The lowest BCUT2D eigenvalue weighted by molar-refractivity contribution is -0.136. The smallest absolute Gasteiger partial charge is 0.398 e. The van der Waals surface area contributed by atoms with Crippen molar-refractivity contribution in [2.45, 2.75) is 13.1 Å². The number of hydrogen-bond acceptors (Lipinski definition) is 2. The van der Waals surface area contributed by atoms with Crippen LogP contribution in [0.4, 0.5) is 18.9 Å². The van der Waals surface area contributed by atoms with Crippen molar-refractivity contribution in [3.8, 4) is 0 Å². The topological polar surface area (TPSA) is 26.0 Å². The quantitative estimate of drug-likeness (QED) is 0.733.